The van der Waals surface area contributed by atoms with Crippen LogP contribution < -0.4 is 9.47 Å². The SMILES string of the molecule is COc1cc(/C=C/COC(=O)C[C@](C)(OC(C)=O)O[C@H]2O[C@H](CO)[C@@H](OC(=O)/C=C\c3ccc(O)cc3)[C@H](O)[C@H]2O)cc(O)c1O[C@H]1O[C@H](CO)[C@@H](O)[C@H](O)[C@H]1O. The molecule has 0 bridgehead atoms. The number of esters is 3. The van der Waals surface area contributed by atoms with Gasteiger partial charge in [0.2, 0.25) is 17.8 Å². The summed E-state index contributed by atoms with van der Waals surface area (Å²) in [5.41, 5.74) is 0.848. The first-order chi connectivity index (χ1) is 27.0. The molecule has 0 radical (unpaired) electrons. The summed E-state index contributed by atoms with van der Waals surface area (Å²) < 4.78 is 43.0. The van der Waals surface area contributed by atoms with E-state index < -0.39 is 110 Å². The predicted molar refractivity (Wildman–Crippen MR) is 190 cm³/mol. The van der Waals surface area contributed by atoms with E-state index in [1.807, 2.05) is 0 Å². The van der Waals surface area contributed by atoms with Gasteiger partial charge in [-0.1, -0.05) is 18.2 Å². The van der Waals surface area contributed by atoms with E-state index in [0.29, 0.717) is 11.1 Å². The Bertz CT molecular complexity index is 1730. The zero-order chi connectivity index (χ0) is 42.0. The van der Waals surface area contributed by atoms with Gasteiger partial charge in [-0.2, -0.15) is 0 Å². The molecule has 2 saturated heterocycles. The number of benzene rings is 2. The number of methoxy groups -OCH3 is 1. The van der Waals surface area contributed by atoms with E-state index >= 15 is 0 Å². The number of hydrogen-bond acceptors (Lipinski definition) is 20. The summed E-state index contributed by atoms with van der Waals surface area (Å²) in [6.07, 6.45) is -12.2. The Labute approximate surface area is 325 Å². The number of aliphatic hydroxyl groups excluding tert-OH is 7. The molecule has 4 rings (SSSR count). The summed E-state index contributed by atoms with van der Waals surface area (Å²) in [6.45, 7) is 0.300. The van der Waals surface area contributed by atoms with Gasteiger partial charge in [-0.25, -0.2) is 4.79 Å². The topological polar surface area (TPSA) is 307 Å². The Morgan fingerprint density at radius 1 is 0.825 bits per heavy atom. The van der Waals surface area contributed by atoms with Crippen molar-refractivity contribution in [1.29, 1.82) is 0 Å². The van der Waals surface area contributed by atoms with Crippen LogP contribution in [0.1, 0.15) is 31.4 Å². The second-order valence-corrected chi connectivity index (χ2v) is 13.0. The Kier molecular flexibility index (Phi) is 15.7. The smallest absolute Gasteiger partial charge is 0.331 e. The van der Waals surface area contributed by atoms with Crippen LogP contribution in [0.15, 0.2) is 48.6 Å². The average molecular weight is 811 g/mol. The van der Waals surface area contributed by atoms with Crippen molar-refractivity contribution in [3.05, 3.63) is 59.7 Å². The van der Waals surface area contributed by atoms with Crippen molar-refractivity contribution < 1.29 is 98.2 Å². The highest BCUT2D eigenvalue weighted by atomic mass is 16.8. The van der Waals surface area contributed by atoms with Crippen LogP contribution in [0.2, 0.25) is 0 Å². The highest BCUT2D eigenvalue weighted by Gasteiger charge is 2.50. The Balaban J connectivity index is 1.35. The third kappa shape index (κ3) is 11.8. The molecule has 20 nitrogen and oxygen atoms in total. The van der Waals surface area contributed by atoms with Crippen molar-refractivity contribution in [2.75, 3.05) is 26.9 Å². The number of phenols is 2. The Morgan fingerprint density at radius 3 is 2.11 bits per heavy atom. The maximum atomic E-state index is 12.9. The van der Waals surface area contributed by atoms with Gasteiger partial charge in [-0.15, -0.1) is 0 Å². The van der Waals surface area contributed by atoms with Crippen molar-refractivity contribution in [3.63, 3.8) is 0 Å². The van der Waals surface area contributed by atoms with E-state index in [9.17, 15) is 60.3 Å². The second-order valence-electron chi connectivity index (χ2n) is 13.0. The van der Waals surface area contributed by atoms with Crippen LogP contribution in [0.5, 0.6) is 23.0 Å². The highest BCUT2D eigenvalue weighted by Crippen LogP contribution is 2.40. The predicted octanol–water partition coefficient (Wildman–Crippen LogP) is -1.41. The first-order valence-corrected chi connectivity index (χ1v) is 17.4. The van der Waals surface area contributed by atoms with Gasteiger partial charge in [0, 0.05) is 19.9 Å². The molecule has 20 heteroatoms. The lowest BCUT2D eigenvalue weighted by molar-refractivity contribution is -0.358. The quantitative estimate of drug-likeness (QED) is 0.0407. The van der Waals surface area contributed by atoms with Crippen molar-refractivity contribution >= 4 is 30.1 Å². The molecule has 9 N–H and O–H groups in total. The van der Waals surface area contributed by atoms with Gasteiger partial charge < -0.3 is 83.9 Å². The van der Waals surface area contributed by atoms with Gasteiger partial charge in [0.15, 0.2) is 23.9 Å². The number of ether oxygens (including phenoxy) is 8. The first kappa shape index (κ1) is 44.8. The maximum Gasteiger partial charge on any atom is 0.331 e. The molecule has 2 fully saturated rings. The largest absolute Gasteiger partial charge is 0.508 e. The van der Waals surface area contributed by atoms with Gasteiger partial charge in [0.25, 0.3) is 0 Å². The van der Waals surface area contributed by atoms with Gasteiger partial charge in [-0.05, 0) is 47.5 Å². The molecule has 2 aromatic carbocycles. The fourth-order valence-electron chi connectivity index (χ4n) is 5.76. The molecule has 57 heavy (non-hydrogen) atoms. The molecule has 0 aromatic heterocycles. The molecular weight excluding hydrogens is 764 g/mol. The van der Waals surface area contributed by atoms with Gasteiger partial charge in [-0.3, -0.25) is 9.59 Å². The lowest BCUT2D eigenvalue weighted by Crippen LogP contribution is -2.62. The highest BCUT2D eigenvalue weighted by molar-refractivity contribution is 5.87. The van der Waals surface area contributed by atoms with E-state index in [-0.39, 0.29) is 23.9 Å². The van der Waals surface area contributed by atoms with Gasteiger partial charge >= 0.3 is 17.9 Å². The molecule has 0 saturated carbocycles. The molecule has 0 amide bonds. The second kappa shape index (κ2) is 20.0. The zero-order valence-corrected chi connectivity index (χ0v) is 30.9. The van der Waals surface area contributed by atoms with E-state index in [1.54, 1.807) is 0 Å². The van der Waals surface area contributed by atoms with Gasteiger partial charge in [0.05, 0.1) is 20.3 Å². The van der Waals surface area contributed by atoms with Crippen LogP contribution in [-0.4, -0.2) is 158 Å². The Morgan fingerprint density at radius 2 is 1.47 bits per heavy atom. The minimum Gasteiger partial charge on any atom is -0.508 e. The van der Waals surface area contributed by atoms with E-state index in [4.69, 9.17) is 37.9 Å². The normalized spacial score (nSPS) is 28.7. The third-order valence-corrected chi connectivity index (χ3v) is 8.58. The van der Waals surface area contributed by atoms with Crippen LogP contribution in [0, 0.1) is 0 Å². The van der Waals surface area contributed by atoms with E-state index in [0.717, 1.165) is 19.9 Å². The number of phenolic OH excluding ortho intramolecular Hbond substituents is 2. The van der Waals surface area contributed by atoms with E-state index in [1.165, 1.54) is 61.7 Å². The van der Waals surface area contributed by atoms with Crippen molar-refractivity contribution in [1.82, 2.24) is 0 Å². The molecule has 0 aliphatic carbocycles. The minimum absolute atomic E-state index is 0.0149. The molecule has 314 valence electrons. The standard InChI is InChI=1S/C37H46O20/c1-18(40)56-37(2,57-36-32(49)30(47)34(25(17-39)53-36)54-26(43)11-8-19-6-9-21(41)10-7-19)15-27(44)51-12-4-5-20-13-22(42)33(23(14-20)50-3)55-35-31(48)29(46)28(45)24(16-38)52-35/h4-11,13-14,24-25,28-32,34-36,38-39,41-42,45-49H,12,15-17H2,1-3H3/b5-4+,11-8-/t24-,25-,28-,29+,30-,31-,32-,34-,35-,36-,37-/m1/s1. The third-order valence-electron chi connectivity index (χ3n) is 8.58. The molecule has 0 unspecified atom stereocenters. The monoisotopic (exact) mass is 810 g/mol. The summed E-state index contributed by atoms with van der Waals surface area (Å²) in [5.74, 6) is -5.81. The Hall–Kier alpha value is -4.87. The summed E-state index contributed by atoms with van der Waals surface area (Å²) in [7, 11) is 1.25. The summed E-state index contributed by atoms with van der Waals surface area (Å²) in [6, 6.07) is 8.45. The zero-order valence-electron chi connectivity index (χ0n) is 30.9. The summed E-state index contributed by atoms with van der Waals surface area (Å²) in [4.78, 5) is 37.3. The molecular formula is C37H46O20. The van der Waals surface area contributed by atoms with Crippen molar-refractivity contribution in [3.8, 4) is 23.0 Å². The molecule has 11 atom stereocenters. The molecule has 2 aromatic rings. The fraction of sp³-hybridized carbons (Fsp3) is 0.486. The van der Waals surface area contributed by atoms with Crippen LogP contribution in [0.4, 0.5) is 0 Å². The molecule has 0 spiro atoms. The maximum absolute atomic E-state index is 12.9. The number of hydrogen-bond donors (Lipinski definition) is 9. The lowest BCUT2D eigenvalue weighted by atomic mass is 9.98. The fourth-order valence-corrected chi connectivity index (χ4v) is 5.76. The number of aliphatic hydroxyl groups is 7. The number of carbonyl (C=O) groups excluding carboxylic acids is 3. The summed E-state index contributed by atoms with van der Waals surface area (Å²) >= 11 is 0. The summed E-state index contributed by atoms with van der Waals surface area (Å²) in [5, 5.41) is 91.4. The van der Waals surface area contributed by atoms with Crippen LogP contribution >= 0.6 is 0 Å². The van der Waals surface area contributed by atoms with Crippen LogP contribution in [-0.2, 0) is 42.8 Å². The van der Waals surface area contributed by atoms with Crippen LogP contribution in [0.25, 0.3) is 12.2 Å². The number of aromatic hydroxyl groups is 2. The molecule has 2 heterocycles. The van der Waals surface area contributed by atoms with E-state index in [2.05, 4.69) is 0 Å². The number of carbonyl (C=O) groups is 3. The van der Waals surface area contributed by atoms with Crippen molar-refractivity contribution in [2.24, 2.45) is 0 Å². The van der Waals surface area contributed by atoms with Crippen molar-refractivity contribution in [2.45, 2.75) is 87.5 Å². The van der Waals surface area contributed by atoms with Crippen LogP contribution in [0.3, 0.4) is 0 Å². The minimum atomic E-state index is -2.15. The van der Waals surface area contributed by atoms with Gasteiger partial charge in [0.1, 0.15) is 61.5 Å². The average Bonchev–Trinajstić information content (AvgIpc) is 3.16. The molecule has 2 aliphatic heterocycles. The lowest BCUT2D eigenvalue weighted by Gasteiger charge is -2.43. The molecule has 2 aliphatic rings. The first-order valence-electron chi connectivity index (χ1n) is 17.4. The number of rotatable bonds is 16.